The second-order valence-electron chi connectivity index (χ2n) is 7.12. The minimum atomic E-state index is -3.89. The van der Waals surface area contributed by atoms with Crippen LogP contribution in [0.3, 0.4) is 0 Å². The van der Waals surface area contributed by atoms with E-state index < -0.39 is 38.7 Å². The van der Waals surface area contributed by atoms with E-state index in [1.165, 1.54) is 21.0 Å². The lowest BCUT2D eigenvalue weighted by atomic mass is 10.0. The zero-order valence-corrected chi connectivity index (χ0v) is 17.6. The van der Waals surface area contributed by atoms with Gasteiger partial charge in [0.05, 0.1) is 30.2 Å². The van der Waals surface area contributed by atoms with Crippen molar-refractivity contribution in [3.05, 3.63) is 29.8 Å². The molecule has 0 radical (unpaired) electrons. The molecule has 1 aliphatic heterocycles. The van der Waals surface area contributed by atoms with Gasteiger partial charge in [-0.15, -0.1) is 12.4 Å². The first kappa shape index (κ1) is 24.1. The van der Waals surface area contributed by atoms with E-state index in [0.717, 1.165) is 4.90 Å². The number of benzene rings is 1. The number of rotatable bonds is 6. The fourth-order valence-electron chi connectivity index (χ4n) is 3.03. The molecule has 1 aromatic rings. The van der Waals surface area contributed by atoms with Crippen LogP contribution in [0.1, 0.15) is 25.8 Å². The Hall–Kier alpha value is -1.89. The van der Waals surface area contributed by atoms with Crippen LogP contribution in [0.4, 0.5) is 4.39 Å². The summed E-state index contributed by atoms with van der Waals surface area (Å²) >= 11 is 0. The van der Waals surface area contributed by atoms with Crippen molar-refractivity contribution < 1.29 is 22.3 Å². The highest BCUT2D eigenvalue weighted by atomic mass is 35.5. The minimum absolute atomic E-state index is 0. The lowest BCUT2D eigenvalue weighted by molar-refractivity contribution is -0.133. The first-order valence-corrected chi connectivity index (χ1v) is 10.1. The van der Waals surface area contributed by atoms with Crippen LogP contribution in [-0.2, 0) is 20.4 Å². The number of hydrogen-bond donors (Lipinski definition) is 1. The van der Waals surface area contributed by atoms with Gasteiger partial charge in [-0.1, -0.05) is 18.2 Å². The molecule has 3 atom stereocenters. The van der Waals surface area contributed by atoms with Crippen LogP contribution in [-0.4, -0.2) is 55.9 Å². The number of nitrogens with zero attached hydrogens (tertiary/aromatic N) is 2. The molecule has 1 amide bonds. The highest BCUT2D eigenvalue weighted by Crippen LogP contribution is 2.30. The summed E-state index contributed by atoms with van der Waals surface area (Å²) in [5.41, 5.74) is 6.47. The Kier molecular flexibility index (Phi) is 7.82. The van der Waals surface area contributed by atoms with Crippen molar-refractivity contribution in [2.24, 2.45) is 5.73 Å². The van der Waals surface area contributed by atoms with Crippen LogP contribution >= 0.6 is 12.4 Å². The molecule has 28 heavy (non-hydrogen) atoms. The number of carbonyl (C=O) groups is 1. The van der Waals surface area contributed by atoms with E-state index in [-0.39, 0.29) is 31.1 Å². The summed E-state index contributed by atoms with van der Waals surface area (Å²) in [6.45, 7) is 2.47. The molecule has 1 aromatic carbocycles. The average Bonchev–Trinajstić information content (AvgIpc) is 3.01. The third-order valence-electron chi connectivity index (χ3n) is 5.04. The maximum Gasteiger partial charge on any atom is 0.242 e. The van der Waals surface area contributed by atoms with Crippen molar-refractivity contribution in [2.75, 3.05) is 13.7 Å². The monoisotopic (exact) mass is 433 g/mol. The van der Waals surface area contributed by atoms with Crippen molar-refractivity contribution in [1.29, 1.82) is 5.26 Å². The van der Waals surface area contributed by atoms with Gasteiger partial charge in [0.15, 0.2) is 9.84 Å². The Morgan fingerprint density at radius 1 is 1.46 bits per heavy atom. The zero-order valence-electron chi connectivity index (χ0n) is 16.0. The predicted molar refractivity (Wildman–Crippen MR) is 106 cm³/mol. The topological polar surface area (TPSA) is 113 Å². The third-order valence-corrected chi connectivity index (χ3v) is 7.58. The lowest BCUT2D eigenvalue weighted by Gasteiger charge is -2.33. The number of hydrogen-bond acceptors (Lipinski definition) is 6. The number of alkyl halides is 1. The van der Waals surface area contributed by atoms with Gasteiger partial charge < -0.3 is 15.4 Å². The summed E-state index contributed by atoms with van der Waals surface area (Å²) in [5, 5.41) is 9.12. The summed E-state index contributed by atoms with van der Waals surface area (Å²) < 4.78 is 43.2. The smallest absolute Gasteiger partial charge is 0.242 e. The average molecular weight is 434 g/mol. The van der Waals surface area contributed by atoms with Crippen molar-refractivity contribution in [1.82, 2.24) is 4.90 Å². The second kappa shape index (κ2) is 9.07. The molecule has 156 valence electrons. The van der Waals surface area contributed by atoms with E-state index in [1.54, 1.807) is 24.3 Å². The van der Waals surface area contributed by atoms with Crippen LogP contribution in [0.15, 0.2) is 24.3 Å². The molecule has 0 aliphatic carbocycles. The summed E-state index contributed by atoms with van der Waals surface area (Å²) in [6, 6.07) is 6.18. The van der Waals surface area contributed by atoms with Crippen molar-refractivity contribution >= 4 is 28.2 Å². The van der Waals surface area contributed by atoms with E-state index in [2.05, 4.69) is 0 Å². The van der Waals surface area contributed by atoms with Crippen LogP contribution in [0, 0.1) is 11.3 Å². The van der Waals surface area contributed by atoms with Gasteiger partial charge in [0.1, 0.15) is 24.0 Å². The number of amides is 1. The number of sulfone groups is 1. The number of ether oxygens (including phenoxy) is 1. The predicted octanol–water partition coefficient (Wildman–Crippen LogP) is 1.60. The highest BCUT2D eigenvalue weighted by Gasteiger charge is 2.47. The van der Waals surface area contributed by atoms with Gasteiger partial charge in [0.2, 0.25) is 5.91 Å². The molecule has 7 nitrogen and oxygen atoms in total. The number of nitrogens with two attached hydrogens (primary N) is 1. The molecule has 0 unspecified atom stereocenters. The number of carbonyl (C=O) groups excluding carboxylic acids is 1. The summed E-state index contributed by atoms with van der Waals surface area (Å²) in [7, 11) is -2.45. The van der Waals surface area contributed by atoms with Gasteiger partial charge in [-0.25, -0.2) is 12.8 Å². The van der Waals surface area contributed by atoms with Crippen LogP contribution < -0.4 is 10.5 Å². The zero-order chi connectivity index (χ0) is 20.4. The molecule has 2 rings (SSSR count). The van der Waals surface area contributed by atoms with Crippen molar-refractivity contribution in [2.45, 2.75) is 49.0 Å². The maximum absolute atomic E-state index is 13.6. The van der Waals surface area contributed by atoms with E-state index in [9.17, 15) is 17.6 Å². The number of nitriles is 1. The van der Waals surface area contributed by atoms with Gasteiger partial charge in [-0.2, -0.15) is 5.26 Å². The molecule has 0 spiro atoms. The van der Waals surface area contributed by atoms with Crippen molar-refractivity contribution in [3.63, 3.8) is 0 Å². The van der Waals surface area contributed by atoms with Gasteiger partial charge in [-0.3, -0.25) is 4.79 Å². The van der Waals surface area contributed by atoms with Crippen molar-refractivity contribution in [3.8, 4) is 11.8 Å². The van der Waals surface area contributed by atoms with Crippen LogP contribution in [0.25, 0.3) is 0 Å². The molecule has 2 N–H and O–H groups in total. The Morgan fingerprint density at radius 3 is 2.64 bits per heavy atom. The molecule has 1 aliphatic rings. The van der Waals surface area contributed by atoms with E-state index >= 15 is 0 Å². The first-order chi connectivity index (χ1) is 12.5. The second-order valence-corrected chi connectivity index (χ2v) is 9.69. The summed E-state index contributed by atoms with van der Waals surface area (Å²) in [6.07, 6.45) is -1.41. The summed E-state index contributed by atoms with van der Waals surface area (Å²) in [5.74, 6) is -0.685. The molecular weight excluding hydrogens is 409 g/mol. The normalized spacial score (nSPS) is 20.8. The minimum Gasteiger partial charge on any atom is -0.496 e. The van der Waals surface area contributed by atoms with E-state index in [4.69, 9.17) is 15.7 Å². The van der Waals surface area contributed by atoms with Crippen LogP contribution in [0.5, 0.6) is 5.75 Å². The molecule has 0 bridgehead atoms. The number of methoxy groups -OCH3 is 1. The van der Waals surface area contributed by atoms with Gasteiger partial charge in [0, 0.05) is 12.0 Å². The molecular formula is C18H25ClFN3O4S. The largest absolute Gasteiger partial charge is 0.496 e. The molecule has 0 saturated carbocycles. The van der Waals surface area contributed by atoms with E-state index in [0.29, 0.717) is 11.3 Å². The highest BCUT2D eigenvalue weighted by molar-refractivity contribution is 7.92. The Labute approximate surface area is 171 Å². The van der Waals surface area contributed by atoms with E-state index in [1.807, 2.05) is 6.07 Å². The quantitative estimate of drug-likeness (QED) is 0.728. The van der Waals surface area contributed by atoms with Gasteiger partial charge >= 0.3 is 0 Å². The first-order valence-electron chi connectivity index (χ1n) is 8.49. The maximum atomic E-state index is 13.6. The van der Waals surface area contributed by atoms with Crippen LogP contribution in [0.2, 0.25) is 0 Å². The molecule has 1 heterocycles. The summed E-state index contributed by atoms with van der Waals surface area (Å²) in [4.78, 5) is 13.8. The number of likely N-dealkylation sites (tertiary alicyclic amines) is 1. The number of halogens is 2. The van der Waals surface area contributed by atoms with Gasteiger partial charge in [-0.05, 0) is 19.9 Å². The SMILES string of the molecule is COc1ccccc1CS(=O)(=O)C(C)(C)[C@H](N)C(=O)N1C[C@@H](F)C[C@H]1C#N.Cl. The molecule has 1 saturated heterocycles. The fraction of sp³-hybridized carbons (Fsp3) is 0.556. The Bertz CT molecular complexity index is 857. The fourth-order valence-corrected chi connectivity index (χ4v) is 4.54. The molecule has 1 fully saturated rings. The van der Waals surface area contributed by atoms with Gasteiger partial charge in [0.25, 0.3) is 0 Å². The standard InChI is InChI=1S/C18H24FN3O4S.ClH/c1-18(2,16(21)17(23)22-10-13(19)8-14(22)9-20)27(24,25)11-12-6-4-5-7-15(12)26-3;/h4-7,13-14,16H,8,10-11,21H2,1-3H3;1H/t13-,14-,16+;/m0./s1. The third kappa shape index (κ3) is 4.57. The number of para-hydroxylation sites is 1. The molecule has 0 aromatic heterocycles. The lowest BCUT2D eigenvalue weighted by Crippen LogP contribution is -2.59. The Balaban J connectivity index is 0.00000392. The molecule has 10 heteroatoms. The Morgan fingerprint density at radius 2 is 2.07 bits per heavy atom.